The molecule has 0 atom stereocenters. The number of nitrogens with one attached hydrogen (secondary N) is 1. The molecule has 0 unspecified atom stereocenters. The standard InChI is InChI=1S/C16H17N3O5/c1-22-7-6-17-16(21)11-9-24-14(18-11)8-19-12-4-2-3-5-13(12)23-10-15(19)20/h2-5,9H,6-8,10H2,1H3,(H,17,21). The number of aromatic nitrogens is 1. The van der Waals surface area contributed by atoms with Gasteiger partial charge < -0.3 is 19.2 Å². The summed E-state index contributed by atoms with van der Waals surface area (Å²) in [5.41, 5.74) is 0.813. The summed E-state index contributed by atoms with van der Waals surface area (Å²) < 4.78 is 15.6. The lowest BCUT2D eigenvalue weighted by Crippen LogP contribution is -2.38. The van der Waals surface area contributed by atoms with Gasteiger partial charge >= 0.3 is 0 Å². The second-order valence-electron chi connectivity index (χ2n) is 5.11. The van der Waals surface area contributed by atoms with Gasteiger partial charge in [-0.05, 0) is 12.1 Å². The molecular formula is C16H17N3O5. The highest BCUT2D eigenvalue weighted by molar-refractivity contribution is 5.97. The van der Waals surface area contributed by atoms with E-state index in [9.17, 15) is 9.59 Å². The Bertz CT molecular complexity index is 743. The van der Waals surface area contributed by atoms with Crippen LogP contribution in [-0.2, 0) is 16.1 Å². The molecule has 0 radical (unpaired) electrons. The third-order valence-corrected chi connectivity index (χ3v) is 3.48. The fraction of sp³-hybridized carbons (Fsp3) is 0.312. The first-order valence-electron chi connectivity index (χ1n) is 7.43. The van der Waals surface area contributed by atoms with Gasteiger partial charge in [0.25, 0.3) is 11.8 Å². The number of oxazole rings is 1. The summed E-state index contributed by atoms with van der Waals surface area (Å²) >= 11 is 0. The van der Waals surface area contributed by atoms with E-state index >= 15 is 0 Å². The normalized spacial score (nSPS) is 13.4. The van der Waals surface area contributed by atoms with E-state index in [1.807, 2.05) is 12.1 Å². The van der Waals surface area contributed by atoms with Crippen LogP contribution in [0.1, 0.15) is 16.4 Å². The molecule has 2 amide bonds. The van der Waals surface area contributed by atoms with E-state index in [-0.39, 0.29) is 36.6 Å². The first kappa shape index (κ1) is 16.0. The van der Waals surface area contributed by atoms with Crippen LogP contribution in [-0.4, -0.2) is 43.7 Å². The first-order chi connectivity index (χ1) is 11.7. The van der Waals surface area contributed by atoms with Gasteiger partial charge in [-0.15, -0.1) is 0 Å². The Hall–Kier alpha value is -2.87. The monoisotopic (exact) mass is 331 g/mol. The molecule has 3 rings (SSSR count). The fourth-order valence-electron chi connectivity index (χ4n) is 2.31. The number of methoxy groups -OCH3 is 1. The van der Waals surface area contributed by atoms with Gasteiger partial charge in [0, 0.05) is 13.7 Å². The lowest BCUT2D eigenvalue weighted by atomic mass is 10.2. The molecule has 0 aliphatic carbocycles. The zero-order valence-electron chi connectivity index (χ0n) is 13.2. The van der Waals surface area contributed by atoms with Crippen LogP contribution in [0, 0.1) is 0 Å². The Kier molecular flexibility index (Phi) is 4.76. The van der Waals surface area contributed by atoms with Crippen molar-refractivity contribution in [3.63, 3.8) is 0 Å². The average Bonchev–Trinajstić information content (AvgIpc) is 3.06. The van der Waals surface area contributed by atoms with Crippen LogP contribution in [0.15, 0.2) is 34.9 Å². The van der Waals surface area contributed by atoms with Crippen molar-refractivity contribution < 1.29 is 23.5 Å². The first-order valence-corrected chi connectivity index (χ1v) is 7.43. The summed E-state index contributed by atoms with van der Waals surface area (Å²) in [4.78, 5) is 29.7. The molecule has 0 saturated heterocycles. The minimum atomic E-state index is -0.351. The summed E-state index contributed by atoms with van der Waals surface area (Å²) in [6, 6.07) is 7.23. The van der Waals surface area contributed by atoms with E-state index in [4.69, 9.17) is 13.9 Å². The van der Waals surface area contributed by atoms with E-state index in [0.717, 1.165) is 0 Å². The predicted octanol–water partition coefficient (Wildman–Crippen LogP) is 0.976. The summed E-state index contributed by atoms with van der Waals surface area (Å²) in [7, 11) is 1.55. The number of nitrogens with zero attached hydrogens (tertiary/aromatic N) is 2. The molecule has 24 heavy (non-hydrogen) atoms. The largest absolute Gasteiger partial charge is 0.482 e. The number of para-hydroxylation sites is 2. The van der Waals surface area contributed by atoms with Gasteiger partial charge in [-0.25, -0.2) is 4.98 Å². The maximum Gasteiger partial charge on any atom is 0.273 e. The molecule has 1 aliphatic rings. The molecule has 0 saturated carbocycles. The van der Waals surface area contributed by atoms with E-state index in [1.165, 1.54) is 11.2 Å². The molecule has 1 aliphatic heterocycles. The number of carbonyl (C=O) groups is 2. The molecule has 0 bridgehead atoms. The molecule has 8 heteroatoms. The number of fused-ring (bicyclic) bond motifs is 1. The fourth-order valence-corrected chi connectivity index (χ4v) is 2.31. The third-order valence-electron chi connectivity index (χ3n) is 3.48. The van der Waals surface area contributed by atoms with E-state index in [2.05, 4.69) is 10.3 Å². The van der Waals surface area contributed by atoms with Crippen LogP contribution in [0.3, 0.4) is 0 Å². The van der Waals surface area contributed by atoms with Gasteiger partial charge in [0.15, 0.2) is 12.3 Å². The highest BCUT2D eigenvalue weighted by atomic mass is 16.5. The number of benzene rings is 1. The number of amides is 2. The number of anilines is 1. The van der Waals surface area contributed by atoms with Crippen molar-refractivity contribution in [1.29, 1.82) is 0 Å². The lowest BCUT2D eigenvalue weighted by molar-refractivity contribution is -0.121. The molecule has 2 aromatic rings. The molecular weight excluding hydrogens is 314 g/mol. The Labute approximate surface area is 138 Å². The van der Waals surface area contributed by atoms with Crippen molar-refractivity contribution in [1.82, 2.24) is 10.3 Å². The van der Waals surface area contributed by atoms with Crippen LogP contribution in [0.25, 0.3) is 0 Å². The zero-order valence-corrected chi connectivity index (χ0v) is 13.2. The van der Waals surface area contributed by atoms with Gasteiger partial charge in [-0.3, -0.25) is 14.5 Å². The van der Waals surface area contributed by atoms with Crippen molar-refractivity contribution >= 4 is 17.5 Å². The van der Waals surface area contributed by atoms with Crippen LogP contribution < -0.4 is 15.0 Å². The maximum atomic E-state index is 12.1. The van der Waals surface area contributed by atoms with Crippen molar-refractivity contribution in [3.05, 3.63) is 42.1 Å². The Balaban J connectivity index is 1.71. The molecule has 8 nitrogen and oxygen atoms in total. The minimum absolute atomic E-state index is 0.0396. The Morgan fingerprint density at radius 1 is 1.42 bits per heavy atom. The van der Waals surface area contributed by atoms with Crippen LogP contribution in [0.5, 0.6) is 5.75 Å². The molecule has 0 fully saturated rings. The number of hydrogen-bond donors (Lipinski definition) is 1. The summed E-state index contributed by atoms with van der Waals surface area (Å²) in [6.45, 7) is 0.884. The van der Waals surface area contributed by atoms with Gasteiger partial charge in [-0.2, -0.15) is 0 Å². The van der Waals surface area contributed by atoms with Crippen molar-refractivity contribution in [3.8, 4) is 5.75 Å². The van der Waals surface area contributed by atoms with Gasteiger partial charge in [0.05, 0.1) is 12.3 Å². The average molecular weight is 331 g/mol. The van der Waals surface area contributed by atoms with Crippen molar-refractivity contribution in [2.24, 2.45) is 0 Å². The number of ether oxygens (including phenoxy) is 2. The maximum absolute atomic E-state index is 12.1. The molecule has 2 heterocycles. The van der Waals surface area contributed by atoms with Crippen molar-refractivity contribution in [2.75, 3.05) is 31.8 Å². The predicted molar refractivity (Wildman–Crippen MR) is 83.8 cm³/mol. The Morgan fingerprint density at radius 3 is 3.08 bits per heavy atom. The number of hydrogen-bond acceptors (Lipinski definition) is 6. The van der Waals surface area contributed by atoms with Crippen molar-refractivity contribution in [2.45, 2.75) is 6.54 Å². The summed E-state index contributed by atoms with van der Waals surface area (Å²) in [6.07, 6.45) is 1.27. The highest BCUT2D eigenvalue weighted by Gasteiger charge is 2.27. The Morgan fingerprint density at radius 2 is 2.25 bits per heavy atom. The minimum Gasteiger partial charge on any atom is -0.482 e. The van der Waals surface area contributed by atoms with Crippen LogP contribution in [0.4, 0.5) is 5.69 Å². The third kappa shape index (κ3) is 3.38. The zero-order chi connectivity index (χ0) is 16.9. The lowest BCUT2D eigenvalue weighted by Gasteiger charge is -2.28. The molecule has 1 N–H and O–H groups in total. The van der Waals surface area contributed by atoms with Gasteiger partial charge in [-0.1, -0.05) is 12.1 Å². The molecule has 126 valence electrons. The van der Waals surface area contributed by atoms with Crippen LogP contribution >= 0.6 is 0 Å². The van der Waals surface area contributed by atoms with E-state index in [0.29, 0.717) is 24.6 Å². The second kappa shape index (κ2) is 7.14. The molecule has 0 spiro atoms. The quantitative estimate of drug-likeness (QED) is 0.793. The smallest absolute Gasteiger partial charge is 0.273 e. The van der Waals surface area contributed by atoms with Gasteiger partial charge in [0.1, 0.15) is 18.6 Å². The van der Waals surface area contributed by atoms with E-state index < -0.39 is 0 Å². The molecule has 1 aromatic carbocycles. The molecule has 1 aromatic heterocycles. The number of carbonyl (C=O) groups excluding carboxylic acids is 2. The van der Waals surface area contributed by atoms with E-state index in [1.54, 1.807) is 19.2 Å². The second-order valence-corrected chi connectivity index (χ2v) is 5.11. The van der Waals surface area contributed by atoms with Gasteiger partial charge in [0.2, 0.25) is 5.89 Å². The number of rotatable bonds is 6. The summed E-state index contributed by atoms with van der Waals surface area (Å²) in [5, 5.41) is 2.65. The summed E-state index contributed by atoms with van der Waals surface area (Å²) in [5.74, 6) is 0.354. The van der Waals surface area contributed by atoms with Crippen LogP contribution in [0.2, 0.25) is 0 Å². The SMILES string of the molecule is COCCNC(=O)c1coc(CN2C(=O)COc3ccccc32)n1. The highest BCUT2D eigenvalue weighted by Crippen LogP contribution is 2.32. The topological polar surface area (TPSA) is 93.9 Å².